The third-order valence-corrected chi connectivity index (χ3v) is 7.14. The lowest BCUT2D eigenvalue weighted by molar-refractivity contribution is 0.0718. The molecular weight excluding hydrogens is 364 g/mol. The highest BCUT2D eigenvalue weighted by Gasteiger charge is 2.27. The van der Waals surface area contributed by atoms with Gasteiger partial charge in [0.2, 0.25) is 0 Å². The molecule has 142 valence electrons. The predicted octanol–water partition coefficient (Wildman–Crippen LogP) is 5.72. The summed E-state index contributed by atoms with van der Waals surface area (Å²) >= 11 is 1.61. The second kappa shape index (κ2) is 6.78. The van der Waals surface area contributed by atoms with Crippen molar-refractivity contribution < 1.29 is 4.79 Å². The summed E-state index contributed by atoms with van der Waals surface area (Å²) in [6.45, 7) is 3.82. The van der Waals surface area contributed by atoms with Crippen molar-refractivity contribution in [1.29, 1.82) is 0 Å². The van der Waals surface area contributed by atoms with Gasteiger partial charge in [-0.3, -0.25) is 4.79 Å². The van der Waals surface area contributed by atoms with E-state index in [1.807, 2.05) is 23.1 Å². The molecule has 0 radical (unpaired) electrons. The van der Waals surface area contributed by atoms with Gasteiger partial charge in [-0.1, -0.05) is 29.8 Å². The highest BCUT2D eigenvalue weighted by atomic mass is 32.1. The van der Waals surface area contributed by atoms with Crippen LogP contribution in [0.1, 0.15) is 39.6 Å². The minimum Gasteiger partial charge on any atom is -0.350 e. The number of carbonyl (C=O) groups is 1. The van der Waals surface area contributed by atoms with Crippen molar-refractivity contribution in [2.24, 2.45) is 7.05 Å². The van der Waals surface area contributed by atoms with E-state index in [4.69, 9.17) is 0 Å². The number of likely N-dealkylation sites (tertiary alicyclic amines) is 1. The molecule has 28 heavy (non-hydrogen) atoms. The van der Waals surface area contributed by atoms with Gasteiger partial charge in [0.25, 0.3) is 5.91 Å². The molecule has 3 nitrogen and oxygen atoms in total. The Hall–Kier alpha value is -2.59. The second-order valence-corrected chi connectivity index (χ2v) is 9.01. The normalized spacial score (nSPS) is 15.6. The van der Waals surface area contributed by atoms with Gasteiger partial charge in [0, 0.05) is 41.9 Å². The van der Waals surface area contributed by atoms with Crippen LogP contribution in [0, 0.1) is 6.92 Å². The number of aromatic nitrogens is 1. The molecule has 4 heteroatoms. The van der Waals surface area contributed by atoms with Crippen LogP contribution in [-0.4, -0.2) is 28.5 Å². The largest absolute Gasteiger partial charge is 0.350 e. The molecule has 0 atom stereocenters. The summed E-state index contributed by atoms with van der Waals surface area (Å²) in [6.07, 6.45) is 4.35. The van der Waals surface area contributed by atoms with Gasteiger partial charge < -0.3 is 9.47 Å². The van der Waals surface area contributed by atoms with Crippen LogP contribution in [0.15, 0.2) is 54.7 Å². The number of aryl methyl sites for hydroxylation is 2. The lowest BCUT2D eigenvalue weighted by atomic mass is 9.89. The highest BCUT2D eigenvalue weighted by Crippen LogP contribution is 2.35. The zero-order valence-electron chi connectivity index (χ0n) is 16.3. The fraction of sp³-hybridized carbons (Fsp3) is 0.292. The zero-order chi connectivity index (χ0) is 19.3. The quantitative estimate of drug-likeness (QED) is 0.431. The molecule has 1 aliphatic heterocycles. The number of amides is 1. The summed E-state index contributed by atoms with van der Waals surface area (Å²) in [6, 6.07) is 17.0. The lowest BCUT2D eigenvalue weighted by Gasteiger charge is -2.31. The number of piperidine rings is 1. The van der Waals surface area contributed by atoms with Crippen LogP contribution in [-0.2, 0) is 7.05 Å². The third-order valence-electron chi connectivity index (χ3n) is 6.03. The first-order valence-corrected chi connectivity index (χ1v) is 10.8. The Bertz CT molecular complexity index is 1140. The van der Waals surface area contributed by atoms with Crippen LogP contribution in [0.4, 0.5) is 0 Å². The number of fused-ring (bicyclic) bond motifs is 2. The van der Waals surface area contributed by atoms with E-state index in [0.29, 0.717) is 5.92 Å². The fourth-order valence-corrected chi connectivity index (χ4v) is 5.53. The van der Waals surface area contributed by atoms with Crippen molar-refractivity contribution in [2.75, 3.05) is 13.1 Å². The van der Waals surface area contributed by atoms with E-state index in [9.17, 15) is 4.79 Å². The van der Waals surface area contributed by atoms with Crippen LogP contribution in [0.3, 0.4) is 0 Å². The van der Waals surface area contributed by atoms with E-state index in [1.54, 1.807) is 11.3 Å². The van der Waals surface area contributed by atoms with E-state index in [0.717, 1.165) is 36.2 Å². The maximum absolute atomic E-state index is 13.0. The summed E-state index contributed by atoms with van der Waals surface area (Å²) < 4.78 is 3.42. The average molecular weight is 389 g/mol. The first-order chi connectivity index (χ1) is 13.6. The van der Waals surface area contributed by atoms with Crippen molar-refractivity contribution in [2.45, 2.75) is 25.7 Å². The van der Waals surface area contributed by atoms with E-state index < -0.39 is 0 Å². The van der Waals surface area contributed by atoms with Crippen molar-refractivity contribution >= 4 is 38.2 Å². The SMILES string of the molecule is Cc1ccc2c(c1)c(C1CCN(C(=O)c3cc4ccccc4s3)CC1)cn2C. The Morgan fingerprint density at radius 1 is 1.07 bits per heavy atom. The van der Waals surface area contributed by atoms with Gasteiger partial charge in [-0.2, -0.15) is 0 Å². The van der Waals surface area contributed by atoms with Crippen LogP contribution >= 0.6 is 11.3 Å². The van der Waals surface area contributed by atoms with Crippen LogP contribution in [0.25, 0.3) is 21.0 Å². The molecule has 1 amide bonds. The summed E-state index contributed by atoms with van der Waals surface area (Å²) in [7, 11) is 2.13. The molecule has 0 N–H and O–H groups in total. The Morgan fingerprint density at radius 2 is 1.86 bits per heavy atom. The summed E-state index contributed by atoms with van der Waals surface area (Å²) in [5.41, 5.74) is 4.04. The van der Waals surface area contributed by atoms with Crippen molar-refractivity contribution in [3.8, 4) is 0 Å². The maximum atomic E-state index is 13.0. The Labute approximate surface area is 169 Å². The molecule has 1 aliphatic rings. The molecule has 0 spiro atoms. The summed E-state index contributed by atoms with van der Waals surface area (Å²) in [5.74, 6) is 0.713. The monoisotopic (exact) mass is 388 g/mol. The van der Waals surface area contributed by atoms with Crippen LogP contribution in [0.5, 0.6) is 0 Å². The highest BCUT2D eigenvalue weighted by molar-refractivity contribution is 7.20. The van der Waals surface area contributed by atoms with Crippen molar-refractivity contribution in [1.82, 2.24) is 9.47 Å². The lowest BCUT2D eigenvalue weighted by Crippen LogP contribution is -2.37. The molecule has 2 aromatic carbocycles. The molecule has 0 saturated carbocycles. The van der Waals surface area contributed by atoms with Crippen LogP contribution in [0.2, 0.25) is 0 Å². The molecule has 0 aliphatic carbocycles. The van der Waals surface area contributed by atoms with Gasteiger partial charge in [0.05, 0.1) is 4.88 Å². The van der Waals surface area contributed by atoms with Gasteiger partial charge in [-0.25, -0.2) is 0 Å². The smallest absolute Gasteiger partial charge is 0.263 e. The predicted molar refractivity (Wildman–Crippen MR) is 117 cm³/mol. The minimum atomic E-state index is 0.188. The molecule has 4 aromatic rings. The Morgan fingerprint density at radius 3 is 2.64 bits per heavy atom. The van der Waals surface area contributed by atoms with Gasteiger partial charge in [-0.15, -0.1) is 11.3 Å². The van der Waals surface area contributed by atoms with Gasteiger partial charge in [0.1, 0.15) is 0 Å². The molecule has 5 rings (SSSR count). The molecule has 1 saturated heterocycles. The van der Waals surface area contributed by atoms with E-state index >= 15 is 0 Å². The van der Waals surface area contributed by atoms with E-state index in [1.165, 1.54) is 26.7 Å². The maximum Gasteiger partial charge on any atom is 0.263 e. The van der Waals surface area contributed by atoms with Gasteiger partial charge in [-0.05, 0) is 60.9 Å². The molecule has 0 unspecified atom stereocenters. The van der Waals surface area contributed by atoms with Crippen molar-refractivity contribution in [3.63, 3.8) is 0 Å². The van der Waals surface area contributed by atoms with Gasteiger partial charge >= 0.3 is 0 Å². The van der Waals surface area contributed by atoms with Crippen LogP contribution < -0.4 is 0 Å². The van der Waals surface area contributed by atoms with E-state index in [-0.39, 0.29) is 5.91 Å². The number of hydrogen-bond acceptors (Lipinski definition) is 2. The third kappa shape index (κ3) is 2.92. The Kier molecular flexibility index (Phi) is 4.24. The average Bonchev–Trinajstić information content (AvgIpc) is 3.29. The fourth-order valence-electron chi connectivity index (χ4n) is 4.50. The molecule has 3 heterocycles. The molecular formula is C24H24N2OS. The topological polar surface area (TPSA) is 25.2 Å². The number of rotatable bonds is 2. The number of nitrogens with zero attached hydrogens (tertiary/aromatic N) is 2. The van der Waals surface area contributed by atoms with Crippen molar-refractivity contribution in [3.05, 3.63) is 70.7 Å². The first-order valence-electron chi connectivity index (χ1n) is 9.93. The number of benzene rings is 2. The first kappa shape index (κ1) is 17.5. The molecule has 1 fully saturated rings. The van der Waals surface area contributed by atoms with E-state index in [2.05, 4.69) is 55.1 Å². The molecule has 0 bridgehead atoms. The zero-order valence-corrected chi connectivity index (χ0v) is 17.1. The number of hydrogen-bond donors (Lipinski definition) is 0. The van der Waals surface area contributed by atoms with Gasteiger partial charge in [0.15, 0.2) is 0 Å². The number of carbonyl (C=O) groups excluding carboxylic acids is 1. The summed E-state index contributed by atoms with van der Waals surface area (Å²) in [4.78, 5) is 15.9. The standard InChI is InChI=1S/C24H24N2OS/c1-16-7-8-21-19(13-16)20(15-25(21)2)17-9-11-26(12-10-17)24(27)23-14-18-5-3-4-6-22(18)28-23/h3-8,13-15,17H,9-12H2,1-2H3. The summed E-state index contributed by atoms with van der Waals surface area (Å²) in [5, 5.41) is 2.54. The second-order valence-electron chi connectivity index (χ2n) is 7.93. The number of thiophene rings is 1. The molecule has 2 aromatic heterocycles. The minimum absolute atomic E-state index is 0.188. The Balaban J connectivity index is 1.35.